The second-order valence-corrected chi connectivity index (χ2v) is 4.40. The van der Waals surface area contributed by atoms with Crippen molar-refractivity contribution < 1.29 is 4.74 Å². The molecule has 1 aromatic carbocycles. The number of nitrogens with one attached hydrogen (secondary N) is 1. The molecular weight excluding hydrogens is 200 g/mol. The summed E-state index contributed by atoms with van der Waals surface area (Å²) in [7, 11) is 1.70. The van der Waals surface area contributed by atoms with Gasteiger partial charge in [0.25, 0.3) is 0 Å². The highest BCUT2D eigenvalue weighted by atomic mass is 16.5. The zero-order chi connectivity index (χ0) is 11.1. The maximum atomic E-state index is 6.13. The number of methoxy groups -OCH3 is 1. The monoisotopic (exact) mass is 216 g/mol. The lowest BCUT2D eigenvalue weighted by atomic mass is 9.92. The number of aryl methyl sites for hydroxylation is 1. The predicted molar refractivity (Wildman–Crippen MR) is 64.7 cm³/mol. The highest BCUT2D eigenvalue weighted by Gasteiger charge is 2.22. The summed E-state index contributed by atoms with van der Waals surface area (Å²) < 4.78 is 5.37. The summed E-state index contributed by atoms with van der Waals surface area (Å²) in [5, 5.41) is 1.27. The highest BCUT2D eigenvalue weighted by Crippen LogP contribution is 2.36. The first-order valence-electron chi connectivity index (χ1n) is 5.74. The summed E-state index contributed by atoms with van der Waals surface area (Å²) in [4.78, 5) is 3.44. The van der Waals surface area contributed by atoms with E-state index in [1.165, 1.54) is 23.1 Å². The van der Waals surface area contributed by atoms with Crippen LogP contribution in [0.25, 0.3) is 10.9 Å². The summed E-state index contributed by atoms with van der Waals surface area (Å²) in [6, 6.07) is 6.32. The Morgan fingerprint density at radius 3 is 3.12 bits per heavy atom. The van der Waals surface area contributed by atoms with Gasteiger partial charge >= 0.3 is 0 Å². The number of H-pyrrole nitrogens is 1. The molecule has 1 aliphatic rings. The van der Waals surface area contributed by atoms with E-state index in [1.54, 1.807) is 7.11 Å². The second-order valence-electron chi connectivity index (χ2n) is 4.40. The summed E-state index contributed by atoms with van der Waals surface area (Å²) >= 11 is 0. The van der Waals surface area contributed by atoms with E-state index in [-0.39, 0.29) is 6.04 Å². The van der Waals surface area contributed by atoms with Gasteiger partial charge in [-0.3, -0.25) is 0 Å². The average Bonchev–Trinajstić information content (AvgIpc) is 2.69. The van der Waals surface area contributed by atoms with Crippen molar-refractivity contribution in [1.82, 2.24) is 4.98 Å². The van der Waals surface area contributed by atoms with Crippen LogP contribution in [-0.2, 0) is 6.42 Å². The number of nitrogens with two attached hydrogens (primary N) is 1. The summed E-state index contributed by atoms with van der Waals surface area (Å²) in [6.45, 7) is 0. The summed E-state index contributed by atoms with van der Waals surface area (Å²) in [5.74, 6) is 0.902. The molecule has 0 amide bonds. The van der Waals surface area contributed by atoms with Gasteiger partial charge < -0.3 is 15.5 Å². The Hall–Kier alpha value is -1.48. The maximum Gasteiger partial charge on any atom is 0.142 e. The summed E-state index contributed by atoms with van der Waals surface area (Å²) in [5.41, 5.74) is 9.80. The summed E-state index contributed by atoms with van der Waals surface area (Å²) in [6.07, 6.45) is 3.37. The van der Waals surface area contributed by atoms with E-state index in [2.05, 4.69) is 11.1 Å². The Labute approximate surface area is 94.6 Å². The van der Waals surface area contributed by atoms with E-state index in [4.69, 9.17) is 10.5 Å². The van der Waals surface area contributed by atoms with Crippen LogP contribution in [-0.4, -0.2) is 12.1 Å². The number of aromatic amines is 1. The number of ether oxygens (including phenoxy) is 1. The quantitative estimate of drug-likeness (QED) is 0.769. The smallest absolute Gasteiger partial charge is 0.142 e. The van der Waals surface area contributed by atoms with E-state index in [9.17, 15) is 0 Å². The van der Waals surface area contributed by atoms with E-state index in [0.717, 1.165) is 24.1 Å². The normalized spacial score (nSPS) is 19.8. The number of hydrogen-bond donors (Lipinski definition) is 2. The number of para-hydroxylation sites is 1. The van der Waals surface area contributed by atoms with Gasteiger partial charge in [0.2, 0.25) is 0 Å². The number of fused-ring (bicyclic) bond motifs is 3. The molecule has 84 valence electrons. The molecule has 0 saturated heterocycles. The maximum absolute atomic E-state index is 6.13. The van der Waals surface area contributed by atoms with Crippen LogP contribution in [0.1, 0.15) is 30.1 Å². The van der Waals surface area contributed by atoms with Gasteiger partial charge in [-0.25, -0.2) is 0 Å². The van der Waals surface area contributed by atoms with Gasteiger partial charge in [-0.2, -0.15) is 0 Å². The van der Waals surface area contributed by atoms with Gasteiger partial charge in [-0.15, -0.1) is 0 Å². The minimum atomic E-state index is 0.154. The fourth-order valence-electron chi connectivity index (χ4n) is 2.67. The lowest BCUT2D eigenvalue weighted by Crippen LogP contribution is -2.16. The Morgan fingerprint density at radius 1 is 1.44 bits per heavy atom. The van der Waals surface area contributed by atoms with Gasteiger partial charge in [0.05, 0.1) is 12.6 Å². The van der Waals surface area contributed by atoms with Crippen LogP contribution >= 0.6 is 0 Å². The molecule has 16 heavy (non-hydrogen) atoms. The topological polar surface area (TPSA) is 51.0 Å². The third kappa shape index (κ3) is 1.25. The van der Waals surface area contributed by atoms with Crippen molar-refractivity contribution in [1.29, 1.82) is 0 Å². The molecule has 1 aliphatic carbocycles. The number of aromatic nitrogens is 1. The van der Waals surface area contributed by atoms with Gasteiger partial charge in [-0.1, -0.05) is 12.1 Å². The molecule has 0 aliphatic heterocycles. The van der Waals surface area contributed by atoms with Gasteiger partial charge in [0.1, 0.15) is 5.75 Å². The number of rotatable bonds is 1. The third-order valence-corrected chi connectivity index (χ3v) is 3.47. The Bertz CT molecular complexity index is 530. The van der Waals surface area contributed by atoms with Crippen molar-refractivity contribution in [3.05, 3.63) is 29.5 Å². The molecule has 0 spiro atoms. The van der Waals surface area contributed by atoms with Crippen LogP contribution in [0.5, 0.6) is 5.75 Å². The van der Waals surface area contributed by atoms with E-state index in [1.807, 2.05) is 12.1 Å². The van der Waals surface area contributed by atoms with Crippen molar-refractivity contribution in [3.63, 3.8) is 0 Å². The van der Waals surface area contributed by atoms with Crippen LogP contribution < -0.4 is 10.5 Å². The van der Waals surface area contributed by atoms with Gasteiger partial charge in [0, 0.05) is 17.1 Å². The molecular formula is C13H16N2O. The zero-order valence-corrected chi connectivity index (χ0v) is 9.42. The first kappa shape index (κ1) is 9.73. The number of benzene rings is 1. The Morgan fingerprint density at radius 2 is 2.31 bits per heavy atom. The minimum absolute atomic E-state index is 0.154. The lowest BCUT2D eigenvalue weighted by Gasteiger charge is -2.18. The predicted octanol–water partition coefficient (Wildman–Crippen LogP) is 2.51. The average molecular weight is 216 g/mol. The molecule has 1 heterocycles. The molecule has 0 radical (unpaired) electrons. The third-order valence-electron chi connectivity index (χ3n) is 3.47. The van der Waals surface area contributed by atoms with Crippen LogP contribution in [0.4, 0.5) is 0 Å². The van der Waals surface area contributed by atoms with Crippen LogP contribution in [0.2, 0.25) is 0 Å². The molecule has 3 heteroatoms. The fraction of sp³-hybridized carbons (Fsp3) is 0.385. The minimum Gasteiger partial charge on any atom is -0.495 e. The first-order chi connectivity index (χ1) is 7.81. The van der Waals surface area contributed by atoms with Crippen LogP contribution in [0, 0.1) is 0 Å². The van der Waals surface area contributed by atoms with E-state index in [0.29, 0.717) is 0 Å². The molecule has 0 saturated carbocycles. The molecule has 3 nitrogen and oxygen atoms in total. The number of hydrogen-bond acceptors (Lipinski definition) is 2. The standard InChI is InChI=1S/C13H16N2O/c1-16-11-7-3-5-9-8-4-2-6-10(14)12(8)15-13(9)11/h3,5,7,10,15H,2,4,6,14H2,1H3/t10-/m1/s1. The molecule has 2 aromatic rings. The largest absolute Gasteiger partial charge is 0.495 e. The molecule has 0 fully saturated rings. The van der Waals surface area contributed by atoms with Crippen molar-refractivity contribution in [2.75, 3.05) is 7.11 Å². The van der Waals surface area contributed by atoms with E-state index < -0.39 is 0 Å². The molecule has 0 unspecified atom stereocenters. The van der Waals surface area contributed by atoms with Crippen LogP contribution in [0.15, 0.2) is 18.2 Å². The highest BCUT2D eigenvalue weighted by molar-refractivity contribution is 5.90. The SMILES string of the molecule is COc1cccc2c3c([nH]c12)[C@H](N)CCC3. The van der Waals surface area contributed by atoms with Crippen molar-refractivity contribution in [3.8, 4) is 5.75 Å². The van der Waals surface area contributed by atoms with Gasteiger partial charge in [-0.05, 0) is 30.9 Å². The van der Waals surface area contributed by atoms with Gasteiger partial charge in [0.15, 0.2) is 0 Å². The van der Waals surface area contributed by atoms with Crippen molar-refractivity contribution >= 4 is 10.9 Å². The fourth-order valence-corrected chi connectivity index (χ4v) is 2.67. The lowest BCUT2D eigenvalue weighted by molar-refractivity contribution is 0.419. The van der Waals surface area contributed by atoms with Crippen molar-refractivity contribution in [2.45, 2.75) is 25.3 Å². The van der Waals surface area contributed by atoms with Crippen LogP contribution in [0.3, 0.4) is 0 Å². The Kier molecular flexibility index (Phi) is 2.14. The molecule has 3 rings (SSSR count). The van der Waals surface area contributed by atoms with Crippen molar-refractivity contribution in [2.24, 2.45) is 5.73 Å². The zero-order valence-electron chi connectivity index (χ0n) is 9.42. The first-order valence-corrected chi connectivity index (χ1v) is 5.74. The van der Waals surface area contributed by atoms with E-state index >= 15 is 0 Å². The molecule has 3 N–H and O–H groups in total. The molecule has 1 aromatic heterocycles. The Balaban J connectivity index is 2.31. The molecule has 1 atom stereocenters. The molecule has 0 bridgehead atoms. The second kappa shape index (κ2) is 3.52.